The molecular weight excluding hydrogens is 322 g/mol. The van der Waals surface area contributed by atoms with Crippen LogP contribution in [0.1, 0.15) is 60.6 Å². The average Bonchev–Trinajstić information content (AvgIpc) is 2.68. The number of hydrogen-bond acceptors (Lipinski definition) is 3. The van der Waals surface area contributed by atoms with E-state index in [-0.39, 0.29) is 11.7 Å². The Morgan fingerprint density at radius 3 is 2.54 bits per heavy atom. The van der Waals surface area contributed by atoms with Crippen LogP contribution in [0.2, 0.25) is 0 Å². The molecule has 1 fully saturated rings. The van der Waals surface area contributed by atoms with E-state index < -0.39 is 0 Å². The van der Waals surface area contributed by atoms with E-state index in [0.717, 1.165) is 36.4 Å². The van der Waals surface area contributed by atoms with Gasteiger partial charge in [0.05, 0.1) is 7.11 Å². The van der Waals surface area contributed by atoms with Crippen molar-refractivity contribution in [2.75, 3.05) is 13.7 Å². The summed E-state index contributed by atoms with van der Waals surface area (Å²) in [6.07, 6.45) is 3.62. The molecule has 0 N–H and O–H groups in total. The number of ketones is 1. The number of likely N-dealkylation sites (tertiary alicyclic amines) is 1. The number of Topliss-reactive ketones (excluding diaryl/α,β-unsaturated/α-hetero) is 1. The van der Waals surface area contributed by atoms with Gasteiger partial charge in [0.25, 0.3) is 0 Å². The van der Waals surface area contributed by atoms with Gasteiger partial charge < -0.3 is 4.74 Å². The van der Waals surface area contributed by atoms with E-state index in [1.165, 1.54) is 18.4 Å². The Labute approximate surface area is 157 Å². The van der Waals surface area contributed by atoms with Crippen LogP contribution < -0.4 is 4.74 Å². The van der Waals surface area contributed by atoms with Gasteiger partial charge in [-0.25, -0.2) is 0 Å². The smallest absolute Gasteiger partial charge is 0.165 e. The van der Waals surface area contributed by atoms with Crippen molar-refractivity contribution in [1.29, 1.82) is 0 Å². The fraction of sp³-hybridized carbons (Fsp3) is 0.435. The van der Waals surface area contributed by atoms with Crippen molar-refractivity contribution in [3.8, 4) is 5.75 Å². The molecule has 0 saturated carbocycles. The molecule has 3 rings (SSSR count). The Morgan fingerprint density at radius 2 is 1.85 bits per heavy atom. The molecule has 0 bridgehead atoms. The molecular formula is C23H29NO2. The largest absolute Gasteiger partial charge is 0.497 e. The Hall–Kier alpha value is -2.13. The number of nitrogens with zero attached hydrogens (tertiary/aromatic N) is 1. The average molecular weight is 351 g/mol. The van der Waals surface area contributed by atoms with Crippen molar-refractivity contribution in [2.24, 2.45) is 5.92 Å². The van der Waals surface area contributed by atoms with Crippen LogP contribution in [0.25, 0.3) is 0 Å². The van der Waals surface area contributed by atoms with E-state index in [9.17, 15) is 4.79 Å². The predicted octanol–water partition coefficient (Wildman–Crippen LogP) is 5.26. The monoisotopic (exact) mass is 351 g/mol. The molecule has 1 aliphatic rings. The highest BCUT2D eigenvalue weighted by atomic mass is 16.5. The summed E-state index contributed by atoms with van der Waals surface area (Å²) in [5.41, 5.74) is 3.35. The number of piperidine rings is 1. The molecule has 3 heteroatoms. The lowest BCUT2D eigenvalue weighted by atomic mass is 9.92. The third-order valence-electron chi connectivity index (χ3n) is 5.29. The minimum absolute atomic E-state index is 0.0230. The number of rotatable bonds is 6. The van der Waals surface area contributed by atoms with Gasteiger partial charge in [0.1, 0.15) is 5.75 Å². The van der Waals surface area contributed by atoms with Crippen molar-refractivity contribution in [2.45, 2.75) is 45.7 Å². The van der Waals surface area contributed by atoms with Crippen molar-refractivity contribution in [3.05, 3.63) is 65.2 Å². The first-order chi connectivity index (χ1) is 12.6. The van der Waals surface area contributed by atoms with Gasteiger partial charge in [-0.3, -0.25) is 9.69 Å². The molecule has 0 radical (unpaired) electrons. The fourth-order valence-corrected chi connectivity index (χ4v) is 3.81. The third-order valence-corrected chi connectivity index (χ3v) is 5.29. The molecule has 0 amide bonds. The quantitative estimate of drug-likeness (QED) is 0.665. The van der Waals surface area contributed by atoms with Crippen molar-refractivity contribution >= 4 is 5.78 Å². The molecule has 138 valence electrons. The van der Waals surface area contributed by atoms with Crippen LogP contribution in [-0.4, -0.2) is 24.3 Å². The van der Waals surface area contributed by atoms with Crippen LogP contribution in [0.4, 0.5) is 0 Å². The van der Waals surface area contributed by atoms with Gasteiger partial charge in [-0.15, -0.1) is 0 Å². The lowest BCUT2D eigenvalue weighted by Crippen LogP contribution is -2.33. The second kappa shape index (κ2) is 8.50. The minimum atomic E-state index is 0.0230. The lowest BCUT2D eigenvalue weighted by Gasteiger charge is -2.36. The standard InChI is InChI=1S/C23H29NO2/c1-17(2)23(25)21-9-5-4-8-19(21)16-24-15-7-6-10-22(24)18-11-13-20(26-3)14-12-18/h4-5,8-9,11-14,17,22H,6-7,10,15-16H2,1-3H3. The number of carbonyl (C=O) groups excluding carboxylic acids is 1. The molecule has 2 aromatic carbocycles. The van der Waals surface area contributed by atoms with E-state index in [1.54, 1.807) is 7.11 Å². The second-order valence-electron chi connectivity index (χ2n) is 7.43. The molecule has 26 heavy (non-hydrogen) atoms. The second-order valence-corrected chi connectivity index (χ2v) is 7.43. The van der Waals surface area contributed by atoms with E-state index >= 15 is 0 Å². The van der Waals surface area contributed by atoms with Crippen LogP contribution in [0.15, 0.2) is 48.5 Å². The van der Waals surface area contributed by atoms with Gasteiger partial charge in [-0.2, -0.15) is 0 Å². The first kappa shape index (κ1) is 18.7. The predicted molar refractivity (Wildman–Crippen MR) is 106 cm³/mol. The maximum Gasteiger partial charge on any atom is 0.165 e. The lowest BCUT2D eigenvalue weighted by molar-refractivity contribution is 0.0934. The zero-order valence-corrected chi connectivity index (χ0v) is 16.1. The summed E-state index contributed by atoms with van der Waals surface area (Å²) < 4.78 is 5.29. The van der Waals surface area contributed by atoms with Crippen LogP contribution in [0, 0.1) is 5.92 Å². The number of benzene rings is 2. The van der Waals surface area contributed by atoms with Gasteiger partial charge in [-0.05, 0) is 42.6 Å². The zero-order valence-electron chi connectivity index (χ0n) is 16.1. The fourth-order valence-electron chi connectivity index (χ4n) is 3.81. The molecule has 1 aliphatic heterocycles. The van der Waals surface area contributed by atoms with E-state index in [0.29, 0.717) is 6.04 Å². The molecule has 1 saturated heterocycles. The first-order valence-corrected chi connectivity index (χ1v) is 9.60. The Kier molecular flexibility index (Phi) is 6.10. The Morgan fingerprint density at radius 1 is 1.12 bits per heavy atom. The third kappa shape index (κ3) is 4.16. The summed E-state index contributed by atoms with van der Waals surface area (Å²) in [7, 11) is 1.70. The molecule has 3 nitrogen and oxygen atoms in total. The summed E-state index contributed by atoms with van der Waals surface area (Å²) in [6.45, 7) is 5.84. The zero-order chi connectivity index (χ0) is 18.5. The van der Waals surface area contributed by atoms with Crippen molar-refractivity contribution < 1.29 is 9.53 Å². The summed E-state index contributed by atoms with van der Waals surface area (Å²) in [5.74, 6) is 1.15. The van der Waals surface area contributed by atoms with Crippen molar-refractivity contribution in [1.82, 2.24) is 4.90 Å². The Balaban J connectivity index is 1.84. The van der Waals surface area contributed by atoms with Gasteiger partial charge in [0.2, 0.25) is 0 Å². The summed E-state index contributed by atoms with van der Waals surface area (Å²) in [6, 6.07) is 16.9. The summed E-state index contributed by atoms with van der Waals surface area (Å²) in [5, 5.41) is 0. The molecule has 1 heterocycles. The molecule has 0 spiro atoms. The summed E-state index contributed by atoms with van der Waals surface area (Å²) in [4.78, 5) is 15.1. The van der Waals surface area contributed by atoms with Gasteiger partial charge in [0, 0.05) is 24.1 Å². The van der Waals surface area contributed by atoms with Gasteiger partial charge in [-0.1, -0.05) is 56.7 Å². The molecule has 2 aromatic rings. The number of hydrogen-bond donors (Lipinski definition) is 0. The van der Waals surface area contributed by atoms with Crippen LogP contribution in [0.3, 0.4) is 0 Å². The van der Waals surface area contributed by atoms with Crippen LogP contribution >= 0.6 is 0 Å². The minimum Gasteiger partial charge on any atom is -0.497 e. The van der Waals surface area contributed by atoms with Crippen molar-refractivity contribution in [3.63, 3.8) is 0 Å². The highest BCUT2D eigenvalue weighted by molar-refractivity contribution is 5.98. The SMILES string of the molecule is COc1ccc(C2CCCCN2Cc2ccccc2C(=O)C(C)C)cc1. The molecule has 1 atom stereocenters. The van der Waals surface area contributed by atoms with Gasteiger partial charge >= 0.3 is 0 Å². The summed E-state index contributed by atoms with van der Waals surface area (Å²) >= 11 is 0. The molecule has 0 aromatic heterocycles. The molecule has 0 aliphatic carbocycles. The topological polar surface area (TPSA) is 29.5 Å². The van der Waals surface area contributed by atoms with Crippen LogP contribution in [0.5, 0.6) is 5.75 Å². The molecule has 1 unspecified atom stereocenters. The van der Waals surface area contributed by atoms with E-state index in [2.05, 4.69) is 23.1 Å². The highest BCUT2D eigenvalue weighted by Crippen LogP contribution is 2.33. The van der Waals surface area contributed by atoms with Gasteiger partial charge in [0.15, 0.2) is 5.78 Å². The van der Waals surface area contributed by atoms with E-state index in [4.69, 9.17) is 4.74 Å². The first-order valence-electron chi connectivity index (χ1n) is 9.60. The normalized spacial score (nSPS) is 18.1. The highest BCUT2D eigenvalue weighted by Gasteiger charge is 2.25. The number of carbonyl (C=O) groups is 1. The Bertz CT molecular complexity index is 736. The number of ether oxygens (including phenoxy) is 1. The maximum absolute atomic E-state index is 12.6. The van der Waals surface area contributed by atoms with Crippen LogP contribution in [-0.2, 0) is 6.54 Å². The maximum atomic E-state index is 12.6. The van der Waals surface area contributed by atoms with E-state index in [1.807, 2.05) is 44.2 Å². The number of methoxy groups -OCH3 is 1.